The molecule has 2 rings (SSSR count). The van der Waals surface area contributed by atoms with Gasteiger partial charge in [-0.3, -0.25) is 0 Å². The van der Waals surface area contributed by atoms with E-state index in [9.17, 15) is 9.59 Å². The quantitative estimate of drug-likeness (QED) is 0.785. The van der Waals surface area contributed by atoms with Gasteiger partial charge in [-0.1, -0.05) is 6.07 Å². The lowest BCUT2D eigenvalue weighted by molar-refractivity contribution is 0.0697. The summed E-state index contributed by atoms with van der Waals surface area (Å²) >= 11 is 4.89. The highest BCUT2D eigenvalue weighted by atomic mass is 79.9. The van der Waals surface area contributed by atoms with Gasteiger partial charge in [-0.25, -0.2) is 9.59 Å². The molecule has 0 aliphatic rings. The molecular weight excluding hydrogens is 344 g/mol. The Hall–Kier alpha value is -1.86. The summed E-state index contributed by atoms with van der Waals surface area (Å²) in [5.41, 5.74) is 0.569. The van der Waals surface area contributed by atoms with Crippen LogP contribution in [0.4, 0.5) is 10.5 Å². The molecule has 0 atom stereocenters. The fourth-order valence-corrected chi connectivity index (χ4v) is 2.94. The fourth-order valence-electron chi connectivity index (χ4n) is 1.52. The maximum Gasteiger partial charge on any atom is 0.335 e. The Balaban J connectivity index is 1.91. The summed E-state index contributed by atoms with van der Waals surface area (Å²) in [4.78, 5) is 23.5. The Kier molecular flexibility index (Phi) is 4.75. The molecular formula is C13H11BrN2O3S. The van der Waals surface area contributed by atoms with E-state index in [0.29, 0.717) is 12.2 Å². The number of thiophene rings is 1. The van der Waals surface area contributed by atoms with Crippen LogP contribution in [-0.2, 0) is 6.54 Å². The highest BCUT2D eigenvalue weighted by Crippen LogP contribution is 2.21. The fraction of sp³-hybridized carbons (Fsp3) is 0.0769. The monoisotopic (exact) mass is 354 g/mol. The number of nitrogens with one attached hydrogen (secondary N) is 2. The Morgan fingerprint density at radius 2 is 2.05 bits per heavy atom. The molecule has 1 aromatic carbocycles. The molecule has 0 saturated heterocycles. The molecule has 0 bridgehead atoms. The number of carbonyl (C=O) groups is 2. The molecule has 1 aromatic heterocycles. The van der Waals surface area contributed by atoms with Crippen LogP contribution in [0.5, 0.6) is 0 Å². The predicted molar refractivity (Wildman–Crippen MR) is 81.3 cm³/mol. The molecule has 0 saturated carbocycles. The lowest BCUT2D eigenvalue weighted by Gasteiger charge is -2.07. The average Bonchev–Trinajstić information content (AvgIpc) is 2.82. The van der Waals surface area contributed by atoms with Gasteiger partial charge in [-0.15, -0.1) is 11.3 Å². The van der Waals surface area contributed by atoms with Crippen LogP contribution < -0.4 is 10.6 Å². The van der Waals surface area contributed by atoms with Gasteiger partial charge in [0.25, 0.3) is 0 Å². The predicted octanol–water partition coefficient (Wildman–Crippen LogP) is 3.53. The van der Waals surface area contributed by atoms with Crippen molar-refractivity contribution in [1.82, 2.24) is 5.32 Å². The Bertz CT molecular complexity index is 642. The zero-order valence-electron chi connectivity index (χ0n) is 10.2. The van der Waals surface area contributed by atoms with Crippen LogP contribution in [0.3, 0.4) is 0 Å². The zero-order chi connectivity index (χ0) is 14.5. The normalized spacial score (nSPS) is 10.1. The van der Waals surface area contributed by atoms with E-state index in [0.717, 1.165) is 8.66 Å². The lowest BCUT2D eigenvalue weighted by atomic mass is 10.2. The first-order valence-electron chi connectivity index (χ1n) is 5.67. The van der Waals surface area contributed by atoms with E-state index < -0.39 is 5.97 Å². The van der Waals surface area contributed by atoms with Crippen molar-refractivity contribution in [2.24, 2.45) is 0 Å². The lowest BCUT2D eigenvalue weighted by Crippen LogP contribution is -2.27. The summed E-state index contributed by atoms with van der Waals surface area (Å²) in [6, 6.07) is 9.54. The Morgan fingerprint density at radius 3 is 2.70 bits per heavy atom. The highest BCUT2D eigenvalue weighted by Gasteiger charge is 2.06. The van der Waals surface area contributed by atoms with Gasteiger partial charge in [0.15, 0.2) is 0 Å². The van der Waals surface area contributed by atoms with Crippen molar-refractivity contribution < 1.29 is 14.7 Å². The van der Waals surface area contributed by atoms with Crippen LogP contribution in [0.25, 0.3) is 0 Å². The molecule has 104 valence electrons. The van der Waals surface area contributed by atoms with E-state index in [1.807, 2.05) is 12.1 Å². The third-order valence-corrected chi connectivity index (χ3v) is 4.04. The van der Waals surface area contributed by atoms with Gasteiger partial charge in [0.05, 0.1) is 15.9 Å². The number of benzene rings is 1. The van der Waals surface area contributed by atoms with Gasteiger partial charge < -0.3 is 15.7 Å². The summed E-state index contributed by atoms with van der Waals surface area (Å²) < 4.78 is 1.00. The van der Waals surface area contributed by atoms with Gasteiger partial charge in [0.1, 0.15) is 0 Å². The summed E-state index contributed by atoms with van der Waals surface area (Å²) in [6.07, 6.45) is 0. The van der Waals surface area contributed by atoms with E-state index in [1.165, 1.54) is 23.5 Å². The molecule has 0 aliphatic carbocycles. The van der Waals surface area contributed by atoms with Crippen LogP contribution in [0.15, 0.2) is 40.2 Å². The molecule has 20 heavy (non-hydrogen) atoms. The maximum absolute atomic E-state index is 11.7. The molecule has 0 aliphatic heterocycles. The second-order valence-corrected chi connectivity index (χ2v) is 6.45. The summed E-state index contributed by atoms with van der Waals surface area (Å²) in [7, 11) is 0. The van der Waals surface area contributed by atoms with Crippen LogP contribution in [0.2, 0.25) is 0 Å². The van der Waals surface area contributed by atoms with Gasteiger partial charge in [-0.2, -0.15) is 0 Å². The third kappa shape index (κ3) is 4.07. The smallest absolute Gasteiger partial charge is 0.335 e. The first-order valence-corrected chi connectivity index (χ1v) is 7.28. The summed E-state index contributed by atoms with van der Waals surface area (Å²) in [6.45, 7) is 0.417. The number of hydrogen-bond donors (Lipinski definition) is 3. The molecule has 7 heteroatoms. The molecule has 0 fully saturated rings. The number of anilines is 1. The van der Waals surface area contributed by atoms with Crippen LogP contribution in [0, 0.1) is 0 Å². The molecule has 0 radical (unpaired) electrons. The van der Waals surface area contributed by atoms with Crippen LogP contribution in [0.1, 0.15) is 15.2 Å². The number of halogens is 1. The van der Waals surface area contributed by atoms with Gasteiger partial charge >= 0.3 is 12.0 Å². The molecule has 2 aromatic rings. The van der Waals surface area contributed by atoms with E-state index in [-0.39, 0.29) is 11.6 Å². The second-order valence-electron chi connectivity index (χ2n) is 3.90. The molecule has 1 heterocycles. The number of rotatable bonds is 4. The largest absolute Gasteiger partial charge is 0.478 e. The maximum atomic E-state index is 11.7. The van der Waals surface area contributed by atoms with Gasteiger partial charge in [0, 0.05) is 10.6 Å². The molecule has 0 unspecified atom stereocenters. The van der Waals surface area contributed by atoms with Crippen molar-refractivity contribution in [3.8, 4) is 0 Å². The number of carboxylic acid groups (broad SMARTS) is 1. The minimum absolute atomic E-state index is 0.130. The number of urea groups is 1. The minimum Gasteiger partial charge on any atom is -0.478 e. The van der Waals surface area contributed by atoms with Crippen molar-refractivity contribution in [3.63, 3.8) is 0 Å². The highest BCUT2D eigenvalue weighted by molar-refractivity contribution is 9.11. The molecule has 5 nitrogen and oxygen atoms in total. The van der Waals surface area contributed by atoms with Crippen molar-refractivity contribution in [1.29, 1.82) is 0 Å². The van der Waals surface area contributed by atoms with E-state index in [4.69, 9.17) is 5.11 Å². The number of carboxylic acids is 1. The standard InChI is InChI=1S/C13H11BrN2O3S/c14-11-5-4-10(20-11)7-15-13(19)16-9-3-1-2-8(6-9)12(17)18/h1-6H,7H2,(H,17,18)(H2,15,16,19). The first-order chi connectivity index (χ1) is 9.54. The summed E-state index contributed by atoms with van der Waals surface area (Å²) in [5.74, 6) is -1.03. The summed E-state index contributed by atoms with van der Waals surface area (Å²) in [5, 5.41) is 14.2. The number of carbonyl (C=O) groups excluding carboxylic acids is 1. The zero-order valence-corrected chi connectivity index (χ0v) is 12.6. The second kappa shape index (κ2) is 6.53. The Morgan fingerprint density at radius 1 is 1.25 bits per heavy atom. The van der Waals surface area contributed by atoms with E-state index in [1.54, 1.807) is 12.1 Å². The third-order valence-electron chi connectivity index (χ3n) is 2.42. The van der Waals surface area contributed by atoms with Crippen molar-refractivity contribution >= 4 is 45.0 Å². The van der Waals surface area contributed by atoms with Crippen molar-refractivity contribution in [3.05, 3.63) is 50.6 Å². The molecule has 2 amide bonds. The topological polar surface area (TPSA) is 78.4 Å². The molecule has 3 N–H and O–H groups in total. The first kappa shape index (κ1) is 14.5. The Labute approximate surface area is 127 Å². The number of amides is 2. The SMILES string of the molecule is O=C(NCc1ccc(Br)s1)Nc1cccc(C(=O)O)c1. The molecule has 0 spiro atoms. The van der Waals surface area contributed by atoms with Crippen molar-refractivity contribution in [2.75, 3.05) is 5.32 Å². The van der Waals surface area contributed by atoms with Gasteiger partial charge in [-0.05, 0) is 46.3 Å². The van der Waals surface area contributed by atoms with Crippen molar-refractivity contribution in [2.45, 2.75) is 6.54 Å². The minimum atomic E-state index is -1.03. The van der Waals surface area contributed by atoms with E-state index in [2.05, 4.69) is 26.6 Å². The average molecular weight is 355 g/mol. The number of hydrogen-bond acceptors (Lipinski definition) is 3. The van der Waals surface area contributed by atoms with Crippen LogP contribution >= 0.6 is 27.3 Å². The van der Waals surface area contributed by atoms with E-state index >= 15 is 0 Å². The van der Waals surface area contributed by atoms with Crippen LogP contribution in [-0.4, -0.2) is 17.1 Å². The number of aromatic carboxylic acids is 1. The van der Waals surface area contributed by atoms with Gasteiger partial charge in [0.2, 0.25) is 0 Å².